The number of benzene rings is 2. The first-order chi connectivity index (χ1) is 15.5. The van der Waals surface area contributed by atoms with E-state index in [9.17, 15) is 13.2 Å². The fraction of sp³-hybridized carbons (Fsp3) is 0.333. The van der Waals surface area contributed by atoms with E-state index >= 15 is 0 Å². The van der Waals surface area contributed by atoms with Crippen molar-refractivity contribution in [1.82, 2.24) is 14.1 Å². The van der Waals surface area contributed by atoms with Gasteiger partial charge in [-0.15, -0.1) is 0 Å². The first-order valence-electron chi connectivity index (χ1n) is 11.0. The highest BCUT2D eigenvalue weighted by atomic mass is 32.2. The summed E-state index contributed by atoms with van der Waals surface area (Å²) < 4.78 is 28.8. The fourth-order valence-electron chi connectivity index (χ4n) is 3.87. The largest absolute Gasteiger partial charge is 0.311 e. The second-order valence-corrected chi connectivity index (χ2v) is 9.95. The summed E-state index contributed by atoms with van der Waals surface area (Å²) in [5, 5.41) is 7.21. The molecule has 1 aliphatic heterocycles. The molecule has 2 heterocycles. The van der Waals surface area contributed by atoms with Crippen LogP contribution in [-0.4, -0.2) is 41.5 Å². The van der Waals surface area contributed by atoms with Crippen molar-refractivity contribution >= 4 is 21.7 Å². The predicted molar refractivity (Wildman–Crippen MR) is 124 cm³/mol. The minimum Gasteiger partial charge on any atom is -0.311 e. The molecule has 8 heteroatoms. The van der Waals surface area contributed by atoms with Crippen LogP contribution in [0.4, 0.5) is 5.82 Å². The Balaban J connectivity index is 1.32. The van der Waals surface area contributed by atoms with Gasteiger partial charge in [0, 0.05) is 25.6 Å². The summed E-state index contributed by atoms with van der Waals surface area (Å²) in [5.41, 5.74) is 2.03. The van der Waals surface area contributed by atoms with Crippen LogP contribution in [0.3, 0.4) is 0 Å². The molecule has 1 amide bonds. The number of hydrogen-bond acceptors (Lipinski definition) is 4. The zero-order valence-electron chi connectivity index (χ0n) is 18.0. The molecule has 0 bridgehead atoms. The van der Waals surface area contributed by atoms with E-state index in [1.807, 2.05) is 30.3 Å². The van der Waals surface area contributed by atoms with Gasteiger partial charge in [-0.05, 0) is 42.5 Å². The van der Waals surface area contributed by atoms with E-state index in [0.29, 0.717) is 43.2 Å². The number of piperidine rings is 1. The molecule has 1 aliphatic rings. The van der Waals surface area contributed by atoms with E-state index in [0.717, 1.165) is 30.4 Å². The normalized spacial score (nSPS) is 14.9. The van der Waals surface area contributed by atoms with Crippen LogP contribution < -0.4 is 5.32 Å². The van der Waals surface area contributed by atoms with Crippen molar-refractivity contribution < 1.29 is 13.2 Å². The van der Waals surface area contributed by atoms with Crippen molar-refractivity contribution in [3.05, 3.63) is 78.0 Å². The molecule has 1 N–H and O–H groups in total. The van der Waals surface area contributed by atoms with Crippen LogP contribution in [0.1, 0.15) is 36.8 Å². The second-order valence-electron chi connectivity index (χ2n) is 8.02. The number of rotatable bonds is 8. The highest BCUT2D eigenvalue weighted by molar-refractivity contribution is 7.89. The highest BCUT2D eigenvalue weighted by Gasteiger charge is 2.25. The van der Waals surface area contributed by atoms with E-state index in [2.05, 4.69) is 10.4 Å². The summed E-state index contributed by atoms with van der Waals surface area (Å²) in [4.78, 5) is 12.8. The van der Waals surface area contributed by atoms with Crippen LogP contribution in [0.2, 0.25) is 0 Å². The molecule has 0 aliphatic carbocycles. The number of amides is 1. The van der Waals surface area contributed by atoms with Crippen LogP contribution in [-0.2, 0) is 27.8 Å². The third-order valence-electron chi connectivity index (χ3n) is 5.68. The molecule has 7 nitrogen and oxygen atoms in total. The number of carbonyl (C=O) groups excluding carboxylic acids is 1. The lowest BCUT2D eigenvalue weighted by molar-refractivity contribution is -0.116. The molecule has 2 aromatic carbocycles. The Morgan fingerprint density at radius 2 is 1.62 bits per heavy atom. The van der Waals surface area contributed by atoms with Crippen molar-refractivity contribution in [1.29, 1.82) is 0 Å². The lowest BCUT2D eigenvalue weighted by atomic mass is 10.1. The van der Waals surface area contributed by atoms with Crippen molar-refractivity contribution in [2.45, 2.75) is 43.5 Å². The quantitative estimate of drug-likeness (QED) is 0.565. The molecule has 4 rings (SSSR count). The molecule has 168 valence electrons. The Kier molecular flexibility index (Phi) is 7.02. The van der Waals surface area contributed by atoms with E-state index in [-0.39, 0.29) is 5.91 Å². The number of aryl methyl sites for hydroxylation is 1. The van der Waals surface area contributed by atoms with Gasteiger partial charge in [0.05, 0.1) is 17.6 Å². The number of hydrogen-bond donors (Lipinski definition) is 1. The first kappa shape index (κ1) is 22.2. The van der Waals surface area contributed by atoms with Gasteiger partial charge >= 0.3 is 0 Å². The number of sulfonamides is 1. The SMILES string of the molecule is O=C(CCc1ccc(S(=O)(=O)N2CCCCC2)cc1)Nc1ccnn1Cc1ccccc1. The van der Waals surface area contributed by atoms with Crippen molar-refractivity contribution in [2.75, 3.05) is 18.4 Å². The zero-order valence-corrected chi connectivity index (χ0v) is 18.8. The van der Waals surface area contributed by atoms with E-state index < -0.39 is 10.0 Å². The topological polar surface area (TPSA) is 84.3 Å². The average molecular weight is 453 g/mol. The Bertz CT molecular complexity index is 1140. The Labute approximate surface area is 189 Å². The minimum absolute atomic E-state index is 0.107. The van der Waals surface area contributed by atoms with Gasteiger partial charge in [0.15, 0.2) is 0 Å². The number of aromatic nitrogens is 2. The van der Waals surface area contributed by atoms with Gasteiger partial charge in [-0.1, -0.05) is 48.9 Å². The molecule has 1 aromatic heterocycles. The Morgan fingerprint density at radius 1 is 0.906 bits per heavy atom. The molecule has 0 atom stereocenters. The van der Waals surface area contributed by atoms with E-state index in [1.165, 1.54) is 0 Å². The summed E-state index contributed by atoms with van der Waals surface area (Å²) in [5.74, 6) is 0.548. The van der Waals surface area contributed by atoms with Gasteiger partial charge < -0.3 is 5.32 Å². The van der Waals surface area contributed by atoms with Crippen molar-refractivity contribution in [3.63, 3.8) is 0 Å². The summed E-state index contributed by atoms with van der Waals surface area (Å²) in [6.07, 6.45) is 5.41. The van der Waals surface area contributed by atoms with Crippen molar-refractivity contribution in [2.24, 2.45) is 0 Å². The van der Waals surface area contributed by atoms with Crippen molar-refractivity contribution in [3.8, 4) is 0 Å². The average Bonchev–Trinajstić information content (AvgIpc) is 3.25. The summed E-state index contributed by atoms with van der Waals surface area (Å²) in [6, 6.07) is 18.6. The highest BCUT2D eigenvalue weighted by Crippen LogP contribution is 2.21. The fourth-order valence-corrected chi connectivity index (χ4v) is 5.38. The van der Waals surface area contributed by atoms with Gasteiger partial charge in [-0.3, -0.25) is 4.79 Å². The van der Waals surface area contributed by atoms with Gasteiger partial charge in [-0.2, -0.15) is 9.40 Å². The van der Waals surface area contributed by atoms with Gasteiger partial charge in [0.1, 0.15) is 5.82 Å². The summed E-state index contributed by atoms with van der Waals surface area (Å²) >= 11 is 0. The zero-order chi connectivity index (χ0) is 22.4. The molecule has 32 heavy (non-hydrogen) atoms. The first-order valence-corrected chi connectivity index (χ1v) is 12.4. The lowest BCUT2D eigenvalue weighted by Crippen LogP contribution is -2.35. The Hall–Kier alpha value is -2.97. The molecular formula is C24H28N4O3S. The summed E-state index contributed by atoms with van der Waals surface area (Å²) in [6.45, 7) is 1.76. The molecular weight excluding hydrogens is 424 g/mol. The van der Waals surface area contributed by atoms with Crippen LogP contribution in [0, 0.1) is 0 Å². The second kappa shape index (κ2) is 10.1. The lowest BCUT2D eigenvalue weighted by Gasteiger charge is -2.25. The number of nitrogens with zero attached hydrogens (tertiary/aromatic N) is 3. The number of nitrogens with one attached hydrogen (secondary N) is 1. The van der Waals surface area contributed by atoms with Crippen LogP contribution in [0.5, 0.6) is 0 Å². The van der Waals surface area contributed by atoms with Crippen LogP contribution in [0.15, 0.2) is 71.8 Å². The number of anilines is 1. The van der Waals surface area contributed by atoms with Gasteiger partial charge in [0.2, 0.25) is 15.9 Å². The molecule has 0 saturated carbocycles. The monoisotopic (exact) mass is 452 g/mol. The third kappa shape index (κ3) is 5.44. The molecule has 0 spiro atoms. The number of carbonyl (C=O) groups is 1. The Morgan fingerprint density at radius 3 is 2.34 bits per heavy atom. The standard InChI is InChI=1S/C24H28N4O3S/c29-24(26-23-15-16-25-28(23)19-21-7-3-1-4-8-21)14-11-20-9-12-22(13-10-20)32(30,31)27-17-5-2-6-18-27/h1,3-4,7-10,12-13,15-16H,2,5-6,11,14,17-19H2,(H,26,29). The maximum Gasteiger partial charge on any atom is 0.243 e. The van der Waals surface area contributed by atoms with Gasteiger partial charge in [0.25, 0.3) is 0 Å². The maximum atomic E-state index is 12.8. The molecule has 3 aromatic rings. The maximum absolute atomic E-state index is 12.8. The third-order valence-corrected chi connectivity index (χ3v) is 7.59. The molecule has 1 fully saturated rings. The molecule has 1 saturated heterocycles. The predicted octanol–water partition coefficient (Wildman–Crippen LogP) is 3.68. The van der Waals surface area contributed by atoms with E-state index in [1.54, 1.807) is 45.5 Å². The molecule has 0 unspecified atom stereocenters. The van der Waals surface area contributed by atoms with Gasteiger partial charge in [-0.25, -0.2) is 13.1 Å². The summed E-state index contributed by atoms with van der Waals surface area (Å²) in [7, 11) is -3.43. The van der Waals surface area contributed by atoms with Crippen LogP contribution in [0.25, 0.3) is 0 Å². The van der Waals surface area contributed by atoms with Crippen LogP contribution >= 0.6 is 0 Å². The minimum atomic E-state index is -3.43. The smallest absolute Gasteiger partial charge is 0.243 e. The van der Waals surface area contributed by atoms with E-state index in [4.69, 9.17) is 0 Å². The molecule has 0 radical (unpaired) electrons.